The Hall–Kier alpha value is -1.26. The zero-order valence-electron chi connectivity index (χ0n) is 10.2. The molecule has 0 spiro atoms. The lowest BCUT2D eigenvalue weighted by Crippen LogP contribution is -2.02. The normalized spacial score (nSPS) is 12.2. The van der Waals surface area contributed by atoms with Gasteiger partial charge in [-0.15, -0.1) is 0 Å². The van der Waals surface area contributed by atoms with Crippen LogP contribution in [0.2, 0.25) is 5.02 Å². The van der Waals surface area contributed by atoms with E-state index < -0.39 is 12.1 Å². The van der Waals surface area contributed by atoms with Gasteiger partial charge in [-0.1, -0.05) is 11.6 Å². The zero-order valence-corrected chi connectivity index (χ0v) is 11.0. The number of methoxy groups -OCH3 is 1. The number of unbranched alkanes of at least 4 members (excludes halogenated alkanes) is 1. The first-order valence-electron chi connectivity index (χ1n) is 5.78. The highest BCUT2D eigenvalue weighted by Crippen LogP contribution is 2.30. The predicted octanol–water partition coefficient (Wildman–Crippen LogP) is 3.03. The molecule has 0 saturated heterocycles. The molecule has 1 aromatic rings. The summed E-state index contributed by atoms with van der Waals surface area (Å²) in [5, 5.41) is 19.1. The molecule has 1 unspecified atom stereocenters. The molecule has 0 saturated carbocycles. The fourth-order valence-electron chi connectivity index (χ4n) is 1.74. The van der Waals surface area contributed by atoms with E-state index in [-0.39, 0.29) is 6.42 Å². The number of carbonyl (C=O) groups is 1. The molecule has 4 nitrogen and oxygen atoms in total. The number of rotatable bonds is 7. The van der Waals surface area contributed by atoms with Crippen LogP contribution in [-0.2, 0) is 4.79 Å². The average Bonchev–Trinajstić information content (AvgIpc) is 2.34. The molecular weight excluding hydrogens is 256 g/mol. The number of benzene rings is 1. The molecule has 1 rings (SSSR count). The van der Waals surface area contributed by atoms with Crippen LogP contribution in [0.4, 0.5) is 0 Å². The summed E-state index contributed by atoms with van der Waals surface area (Å²) in [5.74, 6) is -0.227. The minimum Gasteiger partial charge on any atom is -0.496 e. The Morgan fingerprint density at radius 3 is 2.78 bits per heavy atom. The second kappa shape index (κ2) is 7.24. The Balaban J connectivity index is 2.57. The third kappa shape index (κ3) is 4.55. The molecule has 5 heteroatoms. The Morgan fingerprint density at radius 2 is 2.17 bits per heavy atom. The van der Waals surface area contributed by atoms with Gasteiger partial charge in [0.25, 0.3) is 0 Å². The van der Waals surface area contributed by atoms with Gasteiger partial charge in [0.1, 0.15) is 5.75 Å². The van der Waals surface area contributed by atoms with Crippen LogP contribution in [0.5, 0.6) is 5.75 Å². The van der Waals surface area contributed by atoms with Crippen molar-refractivity contribution in [3.63, 3.8) is 0 Å². The lowest BCUT2D eigenvalue weighted by Gasteiger charge is -2.14. The maximum absolute atomic E-state index is 10.4. The molecule has 0 amide bonds. The van der Waals surface area contributed by atoms with E-state index in [4.69, 9.17) is 21.4 Å². The number of carboxylic acids is 1. The summed E-state index contributed by atoms with van der Waals surface area (Å²) in [6.45, 7) is 0. The smallest absolute Gasteiger partial charge is 0.303 e. The van der Waals surface area contributed by atoms with E-state index in [9.17, 15) is 9.90 Å². The molecule has 0 bridgehead atoms. The van der Waals surface area contributed by atoms with Crippen LogP contribution in [-0.4, -0.2) is 23.3 Å². The highest BCUT2D eigenvalue weighted by molar-refractivity contribution is 6.30. The number of hydrogen-bond donors (Lipinski definition) is 2. The molecule has 0 aliphatic carbocycles. The van der Waals surface area contributed by atoms with Gasteiger partial charge < -0.3 is 14.9 Å². The van der Waals surface area contributed by atoms with Crippen molar-refractivity contribution in [3.05, 3.63) is 28.8 Å². The van der Waals surface area contributed by atoms with Crippen molar-refractivity contribution in [2.75, 3.05) is 7.11 Å². The molecule has 1 aromatic carbocycles. The molecule has 0 aliphatic rings. The van der Waals surface area contributed by atoms with Crippen molar-refractivity contribution < 1.29 is 19.7 Å². The van der Waals surface area contributed by atoms with Gasteiger partial charge in [-0.2, -0.15) is 0 Å². The van der Waals surface area contributed by atoms with Crippen LogP contribution in [0.3, 0.4) is 0 Å². The van der Waals surface area contributed by atoms with Crippen LogP contribution in [0.1, 0.15) is 37.4 Å². The summed E-state index contributed by atoms with van der Waals surface area (Å²) in [7, 11) is 1.53. The molecule has 1 atom stereocenters. The highest BCUT2D eigenvalue weighted by atomic mass is 35.5. The first-order chi connectivity index (χ1) is 8.54. The largest absolute Gasteiger partial charge is 0.496 e. The molecule has 0 fully saturated rings. The number of ether oxygens (including phenoxy) is 1. The third-order valence-corrected chi connectivity index (χ3v) is 2.90. The Kier molecular flexibility index (Phi) is 5.95. The van der Waals surface area contributed by atoms with Crippen molar-refractivity contribution in [2.45, 2.75) is 31.8 Å². The average molecular weight is 273 g/mol. The van der Waals surface area contributed by atoms with Gasteiger partial charge in [0.2, 0.25) is 0 Å². The van der Waals surface area contributed by atoms with E-state index in [1.54, 1.807) is 18.2 Å². The van der Waals surface area contributed by atoms with Gasteiger partial charge in [-0.05, 0) is 37.5 Å². The molecule has 100 valence electrons. The summed E-state index contributed by atoms with van der Waals surface area (Å²) in [6.07, 6.45) is 1.12. The van der Waals surface area contributed by atoms with Gasteiger partial charge >= 0.3 is 5.97 Å². The molecule has 0 radical (unpaired) electrons. The number of aliphatic hydroxyl groups is 1. The van der Waals surface area contributed by atoms with Crippen LogP contribution >= 0.6 is 11.6 Å². The Morgan fingerprint density at radius 1 is 1.44 bits per heavy atom. The van der Waals surface area contributed by atoms with E-state index in [2.05, 4.69) is 0 Å². The molecule has 0 aliphatic heterocycles. The lowest BCUT2D eigenvalue weighted by molar-refractivity contribution is -0.137. The van der Waals surface area contributed by atoms with Crippen molar-refractivity contribution in [2.24, 2.45) is 0 Å². The lowest BCUT2D eigenvalue weighted by atomic mass is 10.0. The highest BCUT2D eigenvalue weighted by Gasteiger charge is 2.13. The first-order valence-corrected chi connectivity index (χ1v) is 6.15. The minimum absolute atomic E-state index is 0.124. The maximum Gasteiger partial charge on any atom is 0.303 e. The summed E-state index contributed by atoms with van der Waals surface area (Å²) < 4.78 is 5.15. The monoisotopic (exact) mass is 272 g/mol. The van der Waals surface area contributed by atoms with E-state index in [1.807, 2.05) is 0 Å². The fourth-order valence-corrected chi connectivity index (χ4v) is 1.92. The van der Waals surface area contributed by atoms with Gasteiger partial charge in [-0.25, -0.2) is 0 Å². The number of aliphatic hydroxyl groups excluding tert-OH is 1. The number of carboxylic acid groups (broad SMARTS) is 1. The maximum atomic E-state index is 10.4. The summed E-state index contributed by atoms with van der Waals surface area (Å²) in [5.41, 5.74) is 0.639. The second-order valence-electron chi connectivity index (χ2n) is 4.04. The molecule has 18 heavy (non-hydrogen) atoms. The molecule has 0 heterocycles. The minimum atomic E-state index is -0.815. The van der Waals surface area contributed by atoms with Gasteiger partial charge in [-0.3, -0.25) is 4.79 Å². The Bertz CT molecular complexity index is 406. The van der Waals surface area contributed by atoms with Crippen LogP contribution in [0.15, 0.2) is 18.2 Å². The van der Waals surface area contributed by atoms with Crippen molar-refractivity contribution in [3.8, 4) is 5.75 Å². The second-order valence-corrected chi connectivity index (χ2v) is 4.48. The van der Waals surface area contributed by atoms with Gasteiger partial charge in [0, 0.05) is 17.0 Å². The van der Waals surface area contributed by atoms with E-state index in [0.29, 0.717) is 35.6 Å². The molecular formula is C13H17ClO4. The van der Waals surface area contributed by atoms with Crippen molar-refractivity contribution in [1.29, 1.82) is 0 Å². The van der Waals surface area contributed by atoms with E-state index >= 15 is 0 Å². The zero-order chi connectivity index (χ0) is 13.5. The predicted molar refractivity (Wildman–Crippen MR) is 69.1 cm³/mol. The standard InChI is InChI=1S/C13H17ClO4/c1-18-12-7-6-9(14)8-10(12)11(15)4-2-3-5-13(16)17/h6-8,11,15H,2-5H2,1H3,(H,16,17). The van der Waals surface area contributed by atoms with Crippen molar-refractivity contribution >= 4 is 17.6 Å². The number of aliphatic carboxylic acids is 1. The van der Waals surface area contributed by atoms with Gasteiger partial charge in [0.05, 0.1) is 13.2 Å². The number of halogens is 1. The SMILES string of the molecule is COc1ccc(Cl)cc1C(O)CCCCC(=O)O. The summed E-state index contributed by atoms with van der Waals surface area (Å²) in [6, 6.07) is 5.07. The van der Waals surface area contributed by atoms with Crippen molar-refractivity contribution in [1.82, 2.24) is 0 Å². The van der Waals surface area contributed by atoms with E-state index in [0.717, 1.165) is 0 Å². The Labute approximate surface area is 111 Å². The first kappa shape index (κ1) is 14.8. The number of hydrogen-bond acceptors (Lipinski definition) is 3. The van der Waals surface area contributed by atoms with Gasteiger partial charge in [0.15, 0.2) is 0 Å². The van der Waals surface area contributed by atoms with E-state index in [1.165, 1.54) is 7.11 Å². The summed E-state index contributed by atoms with van der Waals surface area (Å²) in [4.78, 5) is 10.4. The molecule has 0 aromatic heterocycles. The fraction of sp³-hybridized carbons (Fsp3) is 0.462. The summed E-state index contributed by atoms with van der Waals surface area (Å²) >= 11 is 5.88. The van der Waals surface area contributed by atoms with Crippen LogP contribution < -0.4 is 4.74 Å². The van der Waals surface area contributed by atoms with Crippen LogP contribution in [0, 0.1) is 0 Å². The molecule has 2 N–H and O–H groups in total. The topological polar surface area (TPSA) is 66.8 Å². The quantitative estimate of drug-likeness (QED) is 0.749. The van der Waals surface area contributed by atoms with Crippen LogP contribution in [0.25, 0.3) is 0 Å². The third-order valence-electron chi connectivity index (χ3n) is 2.67.